The van der Waals surface area contributed by atoms with E-state index >= 15 is 0 Å². The van der Waals surface area contributed by atoms with Gasteiger partial charge in [0.1, 0.15) is 5.82 Å². The number of benzene rings is 2. The summed E-state index contributed by atoms with van der Waals surface area (Å²) in [4.78, 5) is 41.4. The third-order valence-electron chi connectivity index (χ3n) is 5.46. The predicted molar refractivity (Wildman–Crippen MR) is 116 cm³/mol. The number of nitrogens with one attached hydrogen (secondary N) is 2. The van der Waals surface area contributed by atoms with Crippen LogP contribution in [0.1, 0.15) is 15.9 Å². The number of allylic oxidation sites excluding steroid dienone is 1. The van der Waals surface area contributed by atoms with Crippen molar-refractivity contribution in [2.75, 3.05) is 50.4 Å². The van der Waals surface area contributed by atoms with E-state index in [1.54, 1.807) is 24.3 Å². The molecule has 0 atom stereocenters. The molecular formula is C23H23FN4O3. The maximum atomic E-state index is 13.5. The maximum absolute atomic E-state index is 13.5. The normalized spacial score (nSPS) is 18.0. The molecule has 4 rings (SSSR count). The van der Waals surface area contributed by atoms with Gasteiger partial charge in [0, 0.05) is 48.7 Å². The Hall–Kier alpha value is -3.36. The Labute approximate surface area is 179 Å². The molecule has 0 aliphatic carbocycles. The minimum Gasteiger partial charge on any atom is -0.325 e. The second-order valence-electron chi connectivity index (χ2n) is 7.77. The summed E-state index contributed by atoms with van der Waals surface area (Å²) in [5.74, 6) is -1.41. The van der Waals surface area contributed by atoms with Crippen LogP contribution in [0.5, 0.6) is 0 Å². The second-order valence-corrected chi connectivity index (χ2v) is 7.77. The molecule has 0 bridgehead atoms. The van der Waals surface area contributed by atoms with Crippen molar-refractivity contribution in [2.24, 2.45) is 0 Å². The van der Waals surface area contributed by atoms with E-state index in [1.807, 2.05) is 0 Å². The molecule has 0 spiro atoms. The average molecular weight is 422 g/mol. The summed E-state index contributed by atoms with van der Waals surface area (Å²) < 4.78 is 13.5. The van der Waals surface area contributed by atoms with Gasteiger partial charge >= 0.3 is 0 Å². The molecule has 0 saturated carbocycles. The van der Waals surface area contributed by atoms with Crippen molar-refractivity contribution >= 4 is 34.5 Å². The van der Waals surface area contributed by atoms with Crippen molar-refractivity contribution in [3.63, 3.8) is 0 Å². The molecule has 2 aromatic carbocycles. The Morgan fingerprint density at radius 1 is 1.10 bits per heavy atom. The Morgan fingerprint density at radius 3 is 2.52 bits per heavy atom. The Balaban J connectivity index is 1.40. The molecule has 1 saturated heterocycles. The third kappa shape index (κ3) is 4.87. The molecule has 31 heavy (non-hydrogen) atoms. The Bertz CT molecular complexity index is 1060. The van der Waals surface area contributed by atoms with Gasteiger partial charge in [-0.15, -0.1) is 0 Å². The second kappa shape index (κ2) is 8.79. The van der Waals surface area contributed by atoms with E-state index in [0.29, 0.717) is 29.0 Å². The molecule has 2 amide bonds. The van der Waals surface area contributed by atoms with Gasteiger partial charge in [0.05, 0.1) is 12.1 Å². The smallest absolute Gasteiger partial charge is 0.256 e. The van der Waals surface area contributed by atoms with Gasteiger partial charge in [0.2, 0.25) is 5.91 Å². The zero-order valence-electron chi connectivity index (χ0n) is 17.2. The summed E-state index contributed by atoms with van der Waals surface area (Å²) in [5, 5.41) is 5.46. The minimum absolute atomic E-state index is 0.105. The van der Waals surface area contributed by atoms with Crippen LogP contribution in [-0.4, -0.2) is 67.2 Å². The number of halogens is 1. The van der Waals surface area contributed by atoms with Gasteiger partial charge in [-0.3, -0.25) is 19.3 Å². The van der Waals surface area contributed by atoms with E-state index in [-0.39, 0.29) is 17.3 Å². The van der Waals surface area contributed by atoms with Crippen LogP contribution in [0.15, 0.2) is 48.5 Å². The molecule has 8 heteroatoms. The molecule has 0 unspecified atom stereocenters. The molecule has 160 valence electrons. The van der Waals surface area contributed by atoms with E-state index in [1.165, 1.54) is 24.3 Å². The number of hydrogen-bond acceptors (Lipinski definition) is 5. The van der Waals surface area contributed by atoms with Gasteiger partial charge in [-0.2, -0.15) is 0 Å². The van der Waals surface area contributed by atoms with Crippen LogP contribution in [0.2, 0.25) is 0 Å². The number of nitrogens with zero attached hydrogens (tertiary/aromatic N) is 2. The lowest BCUT2D eigenvalue weighted by atomic mass is 10.0. The number of carbonyl (C=O) groups excluding carboxylic acids is 3. The molecule has 0 radical (unpaired) electrons. The van der Waals surface area contributed by atoms with Gasteiger partial charge in [-0.05, 0) is 55.6 Å². The molecule has 2 N–H and O–H groups in total. The first-order valence-electron chi connectivity index (χ1n) is 10.1. The standard InChI is InChI=1S/C23H23FN4O3/c1-27-8-10-28(11-9-27)14-22(30)25-17-5-2-15(3-6-17)21(29)13-19-18-12-16(24)4-7-20(18)26-23(19)31/h2-7,12-13H,8-11,14H2,1H3,(H,25,30)(H,26,31)/b19-13-. The summed E-state index contributed by atoms with van der Waals surface area (Å²) in [6.45, 7) is 3.91. The number of ketones is 1. The Kier molecular flexibility index (Phi) is 5.92. The molecule has 7 nitrogen and oxygen atoms in total. The number of rotatable bonds is 5. The fraction of sp³-hybridized carbons (Fsp3) is 0.261. The molecule has 1 fully saturated rings. The number of carbonyl (C=O) groups is 3. The van der Waals surface area contributed by atoms with E-state index in [4.69, 9.17) is 0 Å². The number of anilines is 2. The lowest BCUT2D eigenvalue weighted by molar-refractivity contribution is -0.117. The van der Waals surface area contributed by atoms with Crippen LogP contribution in [-0.2, 0) is 9.59 Å². The number of piperazine rings is 1. The average Bonchev–Trinajstić information content (AvgIpc) is 3.05. The molecule has 2 aliphatic rings. The topological polar surface area (TPSA) is 81.8 Å². The number of hydrogen-bond donors (Lipinski definition) is 2. The highest BCUT2D eigenvalue weighted by Gasteiger charge is 2.25. The van der Waals surface area contributed by atoms with E-state index in [2.05, 4.69) is 27.5 Å². The van der Waals surface area contributed by atoms with Crippen molar-refractivity contribution in [3.8, 4) is 0 Å². The molecule has 2 aliphatic heterocycles. The van der Waals surface area contributed by atoms with Crippen molar-refractivity contribution in [1.82, 2.24) is 9.80 Å². The van der Waals surface area contributed by atoms with Crippen LogP contribution >= 0.6 is 0 Å². The lowest BCUT2D eigenvalue weighted by Crippen LogP contribution is -2.47. The van der Waals surface area contributed by atoms with Gasteiger partial charge in [0.25, 0.3) is 5.91 Å². The molecule has 0 aromatic heterocycles. The number of amides is 2. The van der Waals surface area contributed by atoms with Crippen LogP contribution < -0.4 is 10.6 Å². The zero-order chi connectivity index (χ0) is 22.0. The first-order chi connectivity index (χ1) is 14.9. The van der Waals surface area contributed by atoms with Gasteiger partial charge < -0.3 is 15.5 Å². The van der Waals surface area contributed by atoms with Crippen LogP contribution in [0, 0.1) is 5.82 Å². The fourth-order valence-corrected chi connectivity index (χ4v) is 3.65. The highest BCUT2D eigenvalue weighted by Crippen LogP contribution is 2.32. The first kappa shape index (κ1) is 20.9. The monoisotopic (exact) mass is 422 g/mol. The van der Waals surface area contributed by atoms with Gasteiger partial charge in [-0.1, -0.05) is 0 Å². The number of likely N-dealkylation sites (N-methyl/N-ethyl adjacent to an activating group) is 1. The van der Waals surface area contributed by atoms with Crippen molar-refractivity contribution < 1.29 is 18.8 Å². The summed E-state index contributed by atoms with van der Waals surface area (Å²) >= 11 is 0. The van der Waals surface area contributed by atoms with Crippen LogP contribution in [0.4, 0.5) is 15.8 Å². The zero-order valence-corrected chi connectivity index (χ0v) is 17.2. The third-order valence-corrected chi connectivity index (χ3v) is 5.46. The largest absolute Gasteiger partial charge is 0.325 e. The van der Waals surface area contributed by atoms with E-state index < -0.39 is 11.7 Å². The van der Waals surface area contributed by atoms with Gasteiger partial charge in [-0.25, -0.2) is 4.39 Å². The van der Waals surface area contributed by atoms with Crippen molar-refractivity contribution in [3.05, 3.63) is 65.5 Å². The van der Waals surface area contributed by atoms with Crippen LogP contribution in [0.3, 0.4) is 0 Å². The maximum Gasteiger partial charge on any atom is 0.256 e. The van der Waals surface area contributed by atoms with Crippen molar-refractivity contribution in [2.45, 2.75) is 0 Å². The van der Waals surface area contributed by atoms with E-state index in [0.717, 1.165) is 26.2 Å². The van der Waals surface area contributed by atoms with Crippen LogP contribution in [0.25, 0.3) is 5.57 Å². The highest BCUT2D eigenvalue weighted by molar-refractivity contribution is 6.35. The van der Waals surface area contributed by atoms with Gasteiger partial charge in [0.15, 0.2) is 5.78 Å². The first-order valence-corrected chi connectivity index (χ1v) is 10.1. The van der Waals surface area contributed by atoms with Crippen molar-refractivity contribution in [1.29, 1.82) is 0 Å². The fourth-order valence-electron chi connectivity index (χ4n) is 3.65. The van der Waals surface area contributed by atoms with E-state index in [9.17, 15) is 18.8 Å². The number of fused-ring (bicyclic) bond motifs is 1. The highest BCUT2D eigenvalue weighted by atomic mass is 19.1. The lowest BCUT2D eigenvalue weighted by Gasteiger charge is -2.31. The molecule has 2 aromatic rings. The summed E-state index contributed by atoms with van der Waals surface area (Å²) in [6, 6.07) is 10.4. The quantitative estimate of drug-likeness (QED) is 0.571. The minimum atomic E-state index is -0.481. The SMILES string of the molecule is CN1CCN(CC(=O)Nc2ccc(C(=O)/C=C3\C(=O)Nc4ccc(F)cc43)cc2)CC1. The Morgan fingerprint density at radius 2 is 1.81 bits per heavy atom. The molecule has 2 heterocycles. The summed E-state index contributed by atoms with van der Waals surface area (Å²) in [7, 11) is 2.06. The predicted octanol–water partition coefficient (Wildman–Crippen LogP) is 2.23. The summed E-state index contributed by atoms with van der Waals surface area (Å²) in [5.41, 5.74) is 1.93. The molecular weight excluding hydrogens is 399 g/mol. The summed E-state index contributed by atoms with van der Waals surface area (Å²) in [6.07, 6.45) is 1.21.